The molecule has 1 N–H and O–H groups in total. The lowest BCUT2D eigenvalue weighted by Gasteiger charge is -2.14. The van der Waals surface area contributed by atoms with Crippen molar-refractivity contribution in [2.45, 2.75) is 20.5 Å². The summed E-state index contributed by atoms with van der Waals surface area (Å²) in [5.74, 6) is 1.61. The average molecular weight is 578 g/mol. The lowest BCUT2D eigenvalue weighted by atomic mass is 10.1. The van der Waals surface area contributed by atoms with Crippen molar-refractivity contribution in [1.29, 1.82) is 5.26 Å². The minimum atomic E-state index is -0.229. The molecule has 1 amide bonds. The van der Waals surface area contributed by atoms with Crippen LogP contribution < -0.4 is 19.5 Å². The summed E-state index contributed by atoms with van der Waals surface area (Å²) >= 11 is 4.85. The quantitative estimate of drug-likeness (QED) is 0.288. The van der Waals surface area contributed by atoms with Crippen LogP contribution in [0.5, 0.6) is 17.2 Å². The predicted octanol–water partition coefficient (Wildman–Crippen LogP) is 6.59. The fourth-order valence-electron chi connectivity index (χ4n) is 3.48. The molecule has 4 rings (SSSR count). The second-order valence-electron chi connectivity index (χ2n) is 7.72. The molecule has 188 valence electrons. The molecule has 1 aliphatic rings. The Kier molecular flexibility index (Phi) is 8.88. The Morgan fingerprint density at radius 2 is 1.76 bits per heavy atom. The summed E-state index contributed by atoms with van der Waals surface area (Å²) in [5, 5.41) is 12.6. The van der Waals surface area contributed by atoms with Gasteiger partial charge in [-0.3, -0.25) is 4.79 Å². The number of carbonyl (C=O) groups is 1. The molecule has 3 aromatic rings. The Morgan fingerprint density at radius 1 is 1.03 bits per heavy atom. The van der Waals surface area contributed by atoms with Crippen LogP contribution in [0, 0.1) is 11.3 Å². The van der Waals surface area contributed by atoms with E-state index in [2.05, 4.69) is 32.3 Å². The van der Waals surface area contributed by atoms with E-state index >= 15 is 0 Å². The van der Waals surface area contributed by atoms with Gasteiger partial charge in [-0.25, -0.2) is 4.99 Å². The monoisotopic (exact) mass is 577 g/mol. The normalized spacial score (nSPS) is 14.9. The van der Waals surface area contributed by atoms with Gasteiger partial charge in [0, 0.05) is 10.0 Å². The van der Waals surface area contributed by atoms with Gasteiger partial charge in [0.15, 0.2) is 16.7 Å². The van der Waals surface area contributed by atoms with Crippen molar-refractivity contribution in [3.63, 3.8) is 0 Å². The highest BCUT2D eigenvalue weighted by molar-refractivity contribution is 9.10. The summed E-state index contributed by atoms with van der Waals surface area (Å²) in [4.78, 5) is 17.7. The van der Waals surface area contributed by atoms with E-state index < -0.39 is 0 Å². The van der Waals surface area contributed by atoms with Crippen LogP contribution in [-0.4, -0.2) is 24.3 Å². The fraction of sp³-hybridized carbons (Fsp3) is 0.179. The number of hydrogen-bond donors (Lipinski definition) is 1. The summed E-state index contributed by atoms with van der Waals surface area (Å²) in [6, 6.07) is 20.5. The number of benzene rings is 3. The van der Waals surface area contributed by atoms with Crippen LogP contribution >= 0.6 is 27.7 Å². The predicted molar refractivity (Wildman–Crippen MR) is 149 cm³/mol. The maximum Gasteiger partial charge on any atom is 0.264 e. The minimum absolute atomic E-state index is 0.223. The molecule has 0 unspecified atom stereocenters. The number of ether oxygens (including phenoxy) is 3. The van der Waals surface area contributed by atoms with Crippen LogP contribution in [0.15, 0.2) is 75.0 Å². The zero-order valence-corrected chi connectivity index (χ0v) is 22.7. The zero-order chi connectivity index (χ0) is 26.2. The first kappa shape index (κ1) is 26.3. The number of thioether (sulfide) groups is 1. The van der Waals surface area contributed by atoms with Crippen molar-refractivity contribution in [2.75, 3.05) is 13.2 Å². The van der Waals surface area contributed by atoms with E-state index in [0.29, 0.717) is 46.0 Å². The third kappa shape index (κ3) is 6.73. The fourth-order valence-corrected chi connectivity index (χ4v) is 4.75. The highest BCUT2D eigenvalue weighted by atomic mass is 79.9. The number of halogens is 1. The Hall–Kier alpha value is -3.74. The Morgan fingerprint density at radius 3 is 2.49 bits per heavy atom. The molecule has 0 radical (unpaired) electrons. The molecule has 0 aliphatic carbocycles. The third-order valence-electron chi connectivity index (χ3n) is 5.20. The number of carbonyl (C=O) groups excluding carboxylic acids is 1. The summed E-state index contributed by atoms with van der Waals surface area (Å²) in [5.41, 5.74) is 2.82. The van der Waals surface area contributed by atoms with E-state index in [-0.39, 0.29) is 12.5 Å². The Balaban J connectivity index is 1.54. The Labute approximate surface area is 228 Å². The molecule has 0 aromatic heterocycles. The third-order valence-corrected chi connectivity index (χ3v) is 6.80. The molecule has 0 spiro atoms. The van der Waals surface area contributed by atoms with Gasteiger partial charge in [0.05, 0.1) is 35.4 Å². The van der Waals surface area contributed by atoms with E-state index in [1.807, 2.05) is 62.4 Å². The van der Waals surface area contributed by atoms with E-state index in [4.69, 9.17) is 14.2 Å². The first-order chi connectivity index (χ1) is 18.0. The van der Waals surface area contributed by atoms with E-state index in [9.17, 15) is 10.1 Å². The summed E-state index contributed by atoms with van der Waals surface area (Å²) in [7, 11) is 0. The number of nitrogens with one attached hydrogen (secondary N) is 1. The number of amides is 1. The lowest BCUT2D eigenvalue weighted by molar-refractivity contribution is -0.115. The lowest BCUT2D eigenvalue weighted by Crippen LogP contribution is -2.19. The van der Waals surface area contributed by atoms with Gasteiger partial charge in [0.2, 0.25) is 0 Å². The van der Waals surface area contributed by atoms with Gasteiger partial charge < -0.3 is 19.5 Å². The largest absolute Gasteiger partial charge is 0.494 e. The minimum Gasteiger partial charge on any atom is -0.494 e. The van der Waals surface area contributed by atoms with Gasteiger partial charge >= 0.3 is 0 Å². The van der Waals surface area contributed by atoms with E-state index in [1.165, 1.54) is 11.8 Å². The van der Waals surface area contributed by atoms with Crippen LogP contribution in [0.3, 0.4) is 0 Å². The summed E-state index contributed by atoms with van der Waals surface area (Å²) in [6.45, 7) is 5.08. The highest BCUT2D eigenvalue weighted by Gasteiger charge is 2.24. The highest BCUT2D eigenvalue weighted by Crippen LogP contribution is 2.37. The van der Waals surface area contributed by atoms with E-state index in [1.54, 1.807) is 18.2 Å². The second kappa shape index (κ2) is 12.5. The van der Waals surface area contributed by atoms with Crippen molar-refractivity contribution in [3.8, 4) is 23.3 Å². The average Bonchev–Trinajstić information content (AvgIpc) is 3.24. The van der Waals surface area contributed by atoms with Gasteiger partial charge in [-0.15, -0.1) is 0 Å². The van der Waals surface area contributed by atoms with Crippen molar-refractivity contribution in [2.24, 2.45) is 4.99 Å². The van der Waals surface area contributed by atoms with Gasteiger partial charge in [-0.05, 0) is 79.7 Å². The number of rotatable bonds is 9. The number of hydrogen-bond acceptors (Lipinski definition) is 7. The first-order valence-corrected chi connectivity index (χ1v) is 13.2. The molecule has 3 aromatic carbocycles. The van der Waals surface area contributed by atoms with Crippen LogP contribution in [0.2, 0.25) is 0 Å². The molecule has 37 heavy (non-hydrogen) atoms. The van der Waals surface area contributed by atoms with Gasteiger partial charge in [0.1, 0.15) is 12.4 Å². The van der Waals surface area contributed by atoms with Crippen LogP contribution in [0.1, 0.15) is 30.5 Å². The molecule has 1 heterocycles. The summed E-state index contributed by atoms with van der Waals surface area (Å²) < 4.78 is 18.0. The molecule has 1 fully saturated rings. The SMILES string of the molecule is CCOc1ccc(N=C2NC(=O)/C(=C\c3cc(OCC)c(OCc4ccccc4C#N)cc3Br)S2)cc1. The number of nitrogens with zero attached hydrogens (tertiary/aromatic N) is 2. The second-order valence-corrected chi connectivity index (χ2v) is 9.60. The molecule has 0 bridgehead atoms. The van der Waals surface area contributed by atoms with Gasteiger partial charge in [-0.1, -0.05) is 34.1 Å². The van der Waals surface area contributed by atoms with Crippen LogP contribution in [0.25, 0.3) is 6.08 Å². The topological polar surface area (TPSA) is 92.9 Å². The van der Waals surface area contributed by atoms with Gasteiger partial charge in [-0.2, -0.15) is 5.26 Å². The number of nitriles is 1. The van der Waals surface area contributed by atoms with E-state index in [0.717, 1.165) is 21.3 Å². The smallest absolute Gasteiger partial charge is 0.264 e. The molecule has 1 aliphatic heterocycles. The van der Waals surface area contributed by atoms with Crippen molar-refractivity contribution < 1.29 is 19.0 Å². The Bertz CT molecular complexity index is 1400. The van der Waals surface area contributed by atoms with Gasteiger partial charge in [0.25, 0.3) is 5.91 Å². The number of aliphatic imine (C=N–C) groups is 1. The van der Waals surface area contributed by atoms with Crippen molar-refractivity contribution in [1.82, 2.24) is 5.32 Å². The standard InChI is InChI=1S/C28H24BrN3O4S/c1-3-34-22-11-9-21(10-12-22)31-28-32-27(33)26(37-28)14-20-13-24(35-4-2)25(15-23(20)29)36-17-19-8-6-5-7-18(19)16-30/h5-15H,3-4,17H2,1-2H3,(H,31,32,33)/b26-14+. The van der Waals surface area contributed by atoms with Crippen molar-refractivity contribution in [3.05, 3.63) is 86.7 Å². The molecule has 0 saturated carbocycles. The van der Waals surface area contributed by atoms with Crippen molar-refractivity contribution >= 4 is 50.5 Å². The molecule has 0 atom stereocenters. The number of amidine groups is 1. The molecular formula is C28H24BrN3O4S. The van der Waals surface area contributed by atoms with Crippen LogP contribution in [-0.2, 0) is 11.4 Å². The maximum absolute atomic E-state index is 12.6. The maximum atomic E-state index is 12.6. The zero-order valence-electron chi connectivity index (χ0n) is 20.3. The summed E-state index contributed by atoms with van der Waals surface area (Å²) in [6.07, 6.45) is 1.78. The molecular weight excluding hydrogens is 554 g/mol. The molecule has 7 nitrogen and oxygen atoms in total. The molecule has 1 saturated heterocycles. The molecule has 9 heteroatoms. The first-order valence-electron chi connectivity index (χ1n) is 11.6. The van der Waals surface area contributed by atoms with Crippen LogP contribution in [0.4, 0.5) is 5.69 Å².